The van der Waals surface area contributed by atoms with Crippen molar-refractivity contribution < 1.29 is 18.3 Å². The lowest BCUT2D eigenvalue weighted by atomic mass is 10.1. The smallest absolute Gasteiger partial charge is 0.251 e. The lowest BCUT2D eigenvalue weighted by molar-refractivity contribution is 0.0927. The fourth-order valence-electron chi connectivity index (χ4n) is 2.94. The van der Waals surface area contributed by atoms with Crippen LogP contribution in [0.1, 0.15) is 15.9 Å². The SMILES string of the molecule is Cl.O=C(NCC1CNCC1O)c1ccc(S(=O)(=O)Cc2ccccc2)cc1. The molecule has 8 heteroatoms. The van der Waals surface area contributed by atoms with Gasteiger partial charge < -0.3 is 15.7 Å². The van der Waals surface area contributed by atoms with Crippen molar-refractivity contribution in [3.8, 4) is 0 Å². The lowest BCUT2D eigenvalue weighted by Crippen LogP contribution is -2.34. The van der Waals surface area contributed by atoms with E-state index in [0.717, 1.165) is 5.56 Å². The van der Waals surface area contributed by atoms with Gasteiger partial charge in [-0.3, -0.25) is 4.79 Å². The number of benzene rings is 2. The average molecular weight is 411 g/mol. The lowest BCUT2D eigenvalue weighted by Gasteiger charge is -2.14. The molecular weight excluding hydrogens is 388 g/mol. The number of hydrogen-bond acceptors (Lipinski definition) is 5. The number of nitrogens with one attached hydrogen (secondary N) is 2. The number of sulfone groups is 1. The van der Waals surface area contributed by atoms with Crippen LogP contribution in [0.2, 0.25) is 0 Å². The summed E-state index contributed by atoms with van der Waals surface area (Å²) in [6.45, 7) is 1.58. The summed E-state index contributed by atoms with van der Waals surface area (Å²) in [6, 6.07) is 14.9. The molecular formula is C19H23ClN2O4S. The van der Waals surface area contributed by atoms with E-state index in [9.17, 15) is 18.3 Å². The molecule has 6 nitrogen and oxygen atoms in total. The Kier molecular flexibility index (Phi) is 7.38. The van der Waals surface area contributed by atoms with Crippen LogP contribution in [0, 0.1) is 5.92 Å². The van der Waals surface area contributed by atoms with Crippen molar-refractivity contribution in [1.29, 1.82) is 0 Å². The molecule has 2 aromatic rings. The number of β-amino-alcohol motifs (C(OH)–C–C–N with tert-alkyl or cyclic N) is 1. The summed E-state index contributed by atoms with van der Waals surface area (Å²) >= 11 is 0. The maximum atomic E-state index is 12.5. The standard InChI is InChI=1S/C19H22N2O4S.ClH/c22-18-12-20-10-16(18)11-21-19(23)15-6-8-17(9-7-15)26(24,25)13-14-4-2-1-3-5-14;/h1-9,16,18,20,22H,10-13H2,(H,21,23);1H. The molecule has 0 radical (unpaired) electrons. The van der Waals surface area contributed by atoms with Crippen molar-refractivity contribution in [1.82, 2.24) is 10.6 Å². The van der Waals surface area contributed by atoms with Gasteiger partial charge in [-0.15, -0.1) is 12.4 Å². The fourth-order valence-corrected chi connectivity index (χ4v) is 4.29. The first-order chi connectivity index (χ1) is 12.5. The molecule has 2 unspecified atom stereocenters. The molecule has 2 aromatic carbocycles. The Morgan fingerprint density at radius 2 is 1.74 bits per heavy atom. The van der Waals surface area contributed by atoms with Crippen molar-refractivity contribution in [2.24, 2.45) is 5.92 Å². The van der Waals surface area contributed by atoms with Gasteiger partial charge in [0.25, 0.3) is 5.91 Å². The molecule has 2 atom stereocenters. The van der Waals surface area contributed by atoms with Crippen LogP contribution in [-0.4, -0.2) is 45.2 Å². The molecule has 1 fully saturated rings. The van der Waals surface area contributed by atoms with E-state index >= 15 is 0 Å². The first-order valence-corrected chi connectivity index (χ1v) is 10.1. The Morgan fingerprint density at radius 3 is 2.33 bits per heavy atom. The van der Waals surface area contributed by atoms with Crippen LogP contribution in [0.15, 0.2) is 59.5 Å². The molecule has 3 rings (SSSR count). The third-order valence-corrected chi connectivity index (χ3v) is 6.21. The van der Waals surface area contributed by atoms with Crippen LogP contribution in [0.3, 0.4) is 0 Å². The molecule has 1 aliphatic heterocycles. The quantitative estimate of drug-likeness (QED) is 0.669. The Bertz CT molecular complexity index is 857. The average Bonchev–Trinajstić information content (AvgIpc) is 3.05. The van der Waals surface area contributed by atoms with Crippen molar-refractivity contribution >= 4 is 28.2 Å². The molecule has 146 valence electrons. The van der Waals surface area contributed by atoms with E-state index in [1.807, 2.05) is 6.07 Å². The van der Waals surface area contributed by atoms with Gasteiger partial charge in [-0.05, 0) is 29.8 Å². The summed E-state index contributed by atoms with van der Waals surface area (Å²) in [7, 11) is -3.46. The first kappa shape index (κ1) is 21.4. The van der Waals surface area contributed by atoms with Crippen LogP contribution in [0.25, 0.3) is 0 Å². The van der Waals surface area contributed by atoms with Gasteiger partial charge in [-0.2, -0.15) is 0 Å². The molecule has 1 aliphatic rings. The van der Waals surface area contributed by atoms with E-state index in [1.165, 1.54) is 24.3 Å². The van der Waals surface area contributed by atoms with Crippen LogP contribution < -0.4 is 10.6 Å². The molecule has 1 amide bonds. The van der Waals surface area contributed by atoms with Crippen LogP contribution >= 0.6 is 12.4 Å². The Hall–Kier alpha value is -1.93. The Morgan fingerprint density at radius 1 is 1.07 bits per heavy atom. The Balaban J connectivity index is 0.00000261. The highest BCUT2D eigenvalue weighted by Crippen LogP contribution is 2.17. The van der Waals surface area contributed by atoms with Crippen LogP contribution in [0.5, 0.6) is 0 Å². The molecule has 27 heavy (non-hydrogen) atoms. The minimum Gasteiger partial charge on any atom is -0.391 e. The summed E-state index contributed by atoms with van der Waals surface area (Å²) in [6.07, 6.45) is -0.458. The second kappa shape index (κ2) is 9.32. The fraction of sp³-hybridized carbons (Fsp3) is 0.316. The minimum atomic E-state index is -3.46. The molecule has 0 saturated carbocycles. The van der Waals surface area contributed by atoms with Gasteiger partial charge in [0.05, 0.1) is 16.8 Å². The largest absolute Gasteiger partial charge is 0.391 e. The van der Waals surface area contributed by atoms with Crippen LogP contribution in [-0.2, 0) is 15.6 Å². The van der Waals surface area contributed by atoms with E-state index < -0.39 is 15.9 Å². The highest BCUT2D eigenvalue weighted by Gasteiger charge is 2.25. The maximum Gasteiger partial charge on any atom is 0.251 e. The van der Waals surface area contributed by atoms with Crippen molar-refractivity contribution in [2.45, 2.75) is 16.8 Å². The van der Waals surface area contributed by atoms with Gasteiger partial charge in [-0.25, -0.2) is 8.42 Å². The number of amides is 1. The summed E-state index contributed by atoms with van der Waals surface area (Å²) in [5, 5.41) is 15.6. The van der Waals surface area contributed by atoms with Crippen molar-refractivity contribution in [3.05, 3.63) is 65.7 Å². The predicted molar refractivity (Wildman–Crippen MR) is 106 cm³/mol. The van der Waals surface area contributed by atoms with Gasteiger partial charge in [0, 0.05) is 31.1 Å². The van der Waals surface area contributed by atoms with E-state index in [0.29, 0.717) is 25.2 Å². The second-order valence-electron chi connectivity index (χ2n) is 6.46. The topological polar surface area (TPSA) is 95.5 Å². The summed E-state index contributed by atoms with van der Waals surface area (Å²) in [5.41, 5.74) is 1.11. The number of aliphatic hydroxyl groups is 1. The van der Waals surface area contributed by atoms with Gasteiger partial charge in [0.15, 0.2) is 9.84 Å². The number of hydrogen-bond donors (Lipinski definition) is 3. The number of halogens is 1. The van der Waals surface area contributed by atoms with Crippen LogP contribution in [0.4, 0.5) is 0 Å². The summed E-state index contributed by atoms with van der Waals surface area (Å²) in [4.78, 5) is 12.4. The Labute approximate surface area is 165 Å². The molecule has 0 aliphatic carbocycles. The van der Waals surface area contributed by atoms with Gasteiger partial charge >= 0.3 is 0 Å². The molecule has 0 aromatic heterocycles. The zero-order valence-electron chi connectivity index (χ0n) is 14.7. The molecule has 0 bridgehead atoms. The first-order valence-electron chi connectivity index (χ1n) is 8.49. The highest BCUT2D eigenvalue weighted by atomic mass is 35.5. The third-order valence-electron chi connectivity index (χ3n) is 4.50. The van der Waals surface area contributed by atoms with E-state index in [-0.39, 0.29) is 34.9 Å². The monoisotopic (exact) mass is 410 g/mol. The maximum absolute atomic E-state index is 12.5. The molecule has 1 heterocycles. The summed E-state index contributed by atoms with van der Waals surface area (Å²) < 4.78 is 25.0. The minimum absolute atomic E-state index is 0. The zero-order chi connectivity index (χ0) is 18.6. The van der Waals surface area contributed by atoms with Gasteiger partial charge in [0.1, 0.15) is 0 Å². The van der Waals surface area contributed by atoms with E-state index in [2.05, 4.69) is 10.6 Å². The van der Waals surface area contributed by atoms with Gasteiger partial charge in [-0.1, -0.05) is 30.3 Å². The molecule has 3 N–H and O–H groups in total. The second-order valence-corrected chi connectivity index (χ2v) is 8.45. The van der Waals surface area contributed by atoms with E-state index in [1.54, 1.807) is 24.3 Å². The molecule has 1 saturated heterocycles. The normalized spacial score (nSPS) is 19.3. The highest BCUT2D eigenvalue weighted by molar-refractivity contribution is 7.90. The third kappa shape index (κ3) is 5.52. The van der Waals surface area contributed by atoms with Crippen molar-refractivity contribution in [2.75, 3.05) is 19.6 Å². The molecule has 0 spiro atoms. The number of carbonyl (C=O) groups is 1. The predicted octanol–water partition coefficient (Wildman–Crippen LogP) is 1.39. The number of rotatable bonds is 6. The van der Waals surface area contributed by atoms with Crippen molar-refractivity contribution in [3.63, 3.8) is 0 Å². The summed E-state index contributed by atoms with van der Waals surface area (Å²) in [5.74, 6) is -0.369. The van der Waals surface area contributed by atoms with E-state index in [4.69, 9.17) is 0 Å². The van der Waals surface area contributed by atoms with Gasteiger partial charge in [0.2, 0.25) is 0 Å². The zero-order valence-corrected chi connectivity index (χ0v) is 16.3. The number of aliphatic hydroxyl groups excluding tert-OH is 1. The number of carbonyl (C=O) groups excluding carboxylic acids is 1.